The fourth-order valence-corrected chi connectivity index (χ4v) is 1.88. The van der Waals surface area contributed by atoms with Gasteiger partial charge in [-0.1, -0.05) is 0 Å². The van der Waals surface area contributed by atoms with Crippen molar-refractivity contribution in [3.8, 4) is 28.7 Å². The minimum Gasteiger partial charge on any atom is -0.507 e. The number of methoxy groups -OCH3 is 1. The molecule has 0 aromatic heterocycles. The molecule has 2 aromatic rings. The molecule has 2 rings (SSSR count). The Bertz CT molecular complexity index is 662. The fourth-order valence-electron chi connectivity index (χ4n) is 1.88. The summed E-state index contributed by atoms with van der Waals surface area (Å²) in [6, 6.07) is 9.26. The molecule has 24 heavy (non-hydrogen) atoms. The summed E-state index contributed by atoms with van der Waals surface area (Å²) in [5.74, 6) is -1.05. The summed E-state index contributed by atoms with van der Waals surface area (Å²) < 4.78 is 15.8. The van der Waals surface area contributed by atoms with Crippen LogP contribution >= 0.6 is 0 Å². The smallest absolute Gasteiger partial charge is 0.343 e. The van der Waals surface area contributed by atoms with Crippen LogP contribution in [0.5, 0.6) is 28.7 Å². The van der Waals surface area contributed by atoms with E-state index in [2.05, 4.69) is 0 Å². The number of hydrogen-bond acceptors (Lipinski definition) is 6. The second-order valence-electron chi connectivity index (χ2n) is 4.51. The van der Waals surface area contributed by atoms with Crippen LogP contribution in [0.4, 0.5) is 0 Å². The summed E-state index contributed by atoms with van der Waals surface area (Å²) in [4.78, 5) is 10.8. The second kappa shape index (κ2) is 8.98. The number of phenols is 2. The molecule has 0 amide bonds. The summed E-state index contributed by atoms with van der Waals surface area (Å²) in [6.45, 7) is 0.381. The standard InChI is InChI=1S/C16H16O7.Zn/c1-21-10-2-4-11(5-3-10)22-6-7-23-12-8-13(17)15(16(19)20)14(18)9-12;/h2-5,8-9,17-18H,6-7H2,1H3,(H,19,20);. The summed E-state index contributed by atoms with van der Waals surface area (Å²) in [5.41, 5.74) is -0.563. The van der Waals surface area contributed by atoms with Gasteiger partial charge in [0.2, 0.25) is 0 Å². The Morgan fingerprint density at radius 2 is 1.38 bits per heavy atom. The Morgan fingerprint density at radius 1 is 0.917 bits per heavy atom. The molecule has 0 aliphatic carbocycles. The average molecular weight is 386 g/mol. The van der Waals surface area contributed by atoms with Crippen LogP contribution in [0.25, 0.3) is 0 Å². The van der Waals surface area contributed by atoms with Gasteiger partial charge in [-0.15, -0.1) is 0 Å². The van der Waals surface area contributed by atoms with E-state index in [0.717, 1.165) is 17.9 Å². The predicted octanol–water partition coefficient (Wildman–Crippen LogP) is 2.26. The zero-order valence-corrected chi connectivity index (χ0v) is 16.0. The first-order valence-corrected chi connectivity index (χ1v) is 6.70. The maximum absolute atomic E-state index is 10.8. The number of carbonyl (C=O) groups is 1. The van der Waals surface area contributed by atoms with Crippen molar-refractivity contribution in [3.05, 3.63) is 42.0 Å². The van der Waals surface area contributed by atoms with Gasteiger partial charge < -0.3 is 29.5 Å². The molecule has 0 saturated carbocycles. The van der Waals surface area contributed by atoms with Crippen molar-refractivity contribution in [2.24, 2.45) is 0 Å². The topological polar surface area (TPSA) is 105 Å². The van der Waals surface area contributed by atoms with Crippen molar-refractivity contribution < 1.29 is 53.8 Å². The van der Waals surface area contributed by atoms with Gasteiger partial charge in [0, 0.05) is 31.6 Å². The number of ether oxygens (including phenoxy) is 3. The van der Waals surface area contributed by atoms with Gasteiger partial charge in [0.15, 0.2) is 0 Å². The van der Waals surface area contributed by atoms with E-state index >= 15 is 0 Å². The molecule has 8 heteroatoms. The zero-order valence-electron chi connectivity index (χ0n) is 13.1. The Balaban J connectivity index is 0.00000288. The molecule has 0 atom stereocenters. The van der Waals surface area contributed by atoms with Crippen LogP contribution in [-0.4, -0.2) is 41.6 Å². The number of rotatable bonds is 7. The van der Waals surface area contributed by atoms with E-state index in [1.165, 1.54) is 0 Å². The van der Waals surface area contributed by atoms with Crippen LogP contribution in [0, 0.1) is 0 Å². The number of aromatic carboxylic acids is 1. The number of carboxylic acids is 1. The molecule has 0 radical (unpaired) electrons. The molecule has 2 aromatic carbocycles. The maximum Gasteiger partial charge on any atom is 0.343 e. The van der Waals surface area contributed by atoms with Gasteiger partial charge in [-0.25, -0.2) is 4.79 Å². The van der Waals surface area contributed by atoms with E-state index in [1.807, 2.05) is 0 Å². The maximum atomic E-state index is 10.8. The third-order valence-electron chi connectivity index (χ3n) is 2.96. The molecule has 124 valence electrons. The largest absolute Gasteiger partial charge is 0.507 e. The first-order chi connectivity index (χ1) is 11.0. The number of carboxylic acid groups (broad SMARTS) is 1. The van der Waals surface area contributed by atoms with Crippen LogP contribution in [-0.2, 0) is 19.5 Å². The second-order valence-corrected chi connectivity index (χ2v) is 4.51. The number of aromatic hydroxyl groups is 2. The molecule has 0 unspecified atom stereocenters. The molecular weight excluding hydrogens is 370 g/mol. The normalized spacial score (nSPS) is 9.71. The van der Waals surface area contributed by atoms with Gasteiger partial charge in [0.05, 0.1) is 7.11 Å². The minimum absolute atomic E-state index is 0. The van der Waals surface area contributed by atoms with E-state index in [4.69, 9.17) is 19.3 Å². The molecule has 0 aliphatic rings. The molecule has 0 aliphatic heterocycles. The summed E-state index contributed by atoms with van der Waals surface area (Å²) in [6.07, 6.45) is 0. The van der Waals surface area contributed by atoms with E-state index < -0.39 is 23.0 Å². The molecule has 0 fully saturated rings. The molecule has 0 saturated heterocycles. The summed E-state index contributed by atoms with van der Waals surface area (Å²) >= 11 is 0. The Hall–Kier alpha value is -2.47. The van der Waals surface area contributed by atoms with Crippen LogP contribution in [0.2, 0.25) is 0 Å². The molecule has 0 heterocycles. The van der Waals surface area contributed by atoms with Crippen molar-refractivity contribution in [1.82, 2.24) is 0 Å². The van der Waals surface area contributed by atoms with Crippen molar-refractivity contribution in [3.63, 3.8) is 0 Å². The van der Waals surface area contributed by atoms with Crippen molar-refractivity contribution >= 4 is 5.97 Å². The van der Waals surface area contributed by atoms with E-state index in [-0.39, 0.29) is 38.4 Å². The SMILES string of the molecule is COc1ccc(OCCOc2cc(O)c(C(=O)O)c(O)c2)cc1.[Zn]. The third kappa shape index (κ3) is 5.03. The quantitative estimate of drug-likeness (QED) is 0.496. The van der Waals surface area contributed by atoms with Crippen LogP contribution in [0.3, 0.4) is 0 Å². The van der Waals surface area contributed by atoms with E-state index in [1.54, 1.807) is 31.4 Å². The third-order valence-corrected chi connectivity index (χ3v) is 2.96. The van der Waals surface area contributed by atoms with Crippen LogP contribution < -0.4 is 14.2 Å². The van der Waals surface area contributed by atoms with Crippen molar-refractivity contribution in [2.45, 2.75) is 0 Å². The van der Waals surface area contributed by atoms with Gasteiger partial charge in [0.25, 0.3) is 0 Å². The monoisotopic (exact) mass is 384 g/mol. The molecule has 0 spiro atoms. The number of benzene rings is 2. The van der Waals surface area contributed by atoms with Gasteiger partial charge in [-0.2, -0.15) is 0 Å². The van der Waals surface area contributed by atoms with Gasteiger partial charge >= 0.3 is 5.97 Å². The summed E-state index contributed by atoms with van der Waals surface area (Å²) in [5, 5.41) is 28.0. The predicted molar refractivity (Wildman–Crippen MR) is 80.7 cm³/mol. The average Bonchev–Trinajstić information content (AvgIpc) is 2.51. The van der Waals surface area contributed by atoms with Gasteiger partial charge in [0.1, 0.15) is 47.5 Å². The minimum atomic E-state index is -1.42. The molecular formula is C16H16O7Zn. The van der Waals surface area contributed by atoms with Crippen LogP contribution in [0.15, 0.2) is 36.4 Å². The van der Waals surface area contributed by atoms with Crippen molar-refractivity contribution in [1.29, 1.82) is 0 Å². The number of hydrogen-bond donors (Lipinski definition) is 3. The molecule has 7 nitrogen and oxygen atoms in total. The van der Waals surface area contributed by atoms with Crippen molar-refractivity contribution in [2.75, 3.05) is 20.3 Å². The Morgan fingerprint density at radius 3 is 1.83 bits per heavy atom. The molecule has 3 N–H and O–H groups in total. The van der Waals surface area contributed by atoms with Gasteiger partial charge in [-0.05, 0) is 24.3 Å². The first-order valence-electron chi connectivity index (χ1n) is 6.70. The van der Waals surface area contributed by atoms with E-state index in [0.29, 0.717) is 5.75 Å². The van der Waals surface area contributed by atoms with E-state index in [9.17, 15) is 15.0 Å². The van der Waals surface area contributed by atoms with Crippen LogP contribution in [0.1, 0.15) is 10.4 Å². The Labute approximate surface area is 151 Å². The zero-order chi connectivity index (χ0) is 16.8. The van der Waals surface area contributed by atoms with Gasteiger partial charge in [-0.3, -0.25) is 0 Å². The Kier molecular flexibility index (Phi) is 7.33. The molecule has 0 bridgehead atoms. The summed E-state index contributed by atoms with van der Waals surface area (Å²) in [7, 11) is 1.57. The first kappa shape index (κ1) is 19.6. The fraction of sp³-hybridized carbons (Fsp3) is 0.188.